The first-order chi connectivity index (χ1) is 8.42. The molecule has 0 atom stereocenters. The lowest BCUT2D eigenvalue weighted by Gasteiger charge is -2.33. The summed E-state index contributed by atoms with van der Waals surface area (Å²) in [6.45, 7) is 6.40. The first-order valence-electron chi connectivity index (χ1n) is 7.60. The third-order valence-corrected chi connectivity index (χ3v) is 4.75. The molecule has 3 heteroatoms. The second kappa shape index (κ2) is 5.68. The van der Waals surface area contributed by atoms with Gasteiger partial charge in [0.1, 0.15) is 0 Å². The van der Waals surface area contributed by atoms with Crippen LogP contribution in [0.5, 0.6) is 0 Å². The zero-order valence-corrected chi connectivity index (χ0v) is 11.0. The van der Waals surface area contributed by atoms with Crippen molar-refractivity contribution >= 4 is 0 Å². The van der Waals surface area contributed by atoms with E-state index in [1.165, 1.54) is 71.2 Å². The average Bonchev–Trinajstić information content (AvgIpc) is 3.23. The minimum atomic E-state index is 0.805. The smallest absolute Gasteiger partial charge is 0.00964 e. The van der Waals surface area contributed by atoms with Crippen LogP contribution in [0.3, 0.4) is 0 Å². The van der Waals surface area contributed by atoms with Crippen LogP contribution in [0.15, 0.2) is 0 Å². The number of nitrogens with zero attached hydrogens (tertiary/aromatic N) is 1. The van der Waals surface area contributed by atoms with Gasteiger partial charge in [-0.1, -0.05) is 0 Å². The highest BCUT2D eigenvalue weighted by Crippen LogP contribution is 2.29. The Morgan fingerprint density at radius 3 is 2.29 bits per heavy atom. The average molecular weight is 237 g/mol. The van der Waals surface area contributed by atoms with E-state index in [-0.39, 0.29) is 0 Å². The fourth-order valence-corrected chi connectivity index (χ4v) is 3.33. The van der Waals surface area contributed by atoms with E-state index in [2.05, 4.69) is 15.5 Å². The Balaban J connectivity index is 1.32. The molecule has 3 nitrogen and oxygen atoms in total. The van der Waals surface area contributed by atoms with Crippen molar-refractivity contribution in [1.82, 2.24) is 15.5 Å². The van der Waals surface area contributed by atoms with Gasteiger partial charge in [0.05, 0.1) is 0 Å². The summed E-state index contributed by atoms with van der Waals surface area (Å²) >= 11 is 0. The highest BCUT2D eigenvalue weighted by molar-refractivity contribution is 4.89. The van der Waals surface area contributed by atoms with Crippen LogP contribution in [0, 0.1) is 5.92 Å². The predicted octanol–water partition coefficient (Wildman–Crippen LogP) is 1.20. The molecule has 1 aliphatic carbocycles. The van der Waals surface area contributed by atoms with E-state index in [9.17, 15) is 0 Å². The summed E-state index contributed by atoms with van der Waals surface area (Å²) in [7, 11) is 0. The Hall–Kier alpha value is -0.120. The second-order valence-corrected chi connectivity index (χ2v) is 6.14. The molecule has 2 N–H and O–H groups in total. The van der Waals surface area contributed by atoms with Gasteiger partial charge in [-0.15, -0.1) is 0 Å². The Bertz CT molecular complexity index is 226. The standard InChI is InChI=1S/C14H27N3/c1-2-14(1)17-9-5-13(6-10-17)16-11-12-3-7-15-8-4-12/h12-16H,1-11H2. The summed E-state index contributed by atoms with van der Waals surface area (Å²) in [6, 6.07) is 1.78. The number of likely N-dealkylation sites (tertiary alicyclic amines) is 1. The van der Waals surface area contributed by atoms with E-state index in [1.54, 1.807) is 0 Å². The maximum Gasteiger partial charge on any atom is 0.00964 e. The lowest BCUT2D eigenvalue weighted by Crippen LogP contribution is -2.45. The number of nitrogens with one attached hydrogen (secondary N) is 2. The molecule has 0 amide bonds. The van der Waals surface area contributed by atoms with Crippen molar-refractivity contribution in [3.05, 3.63) is 0 Å². The Kier molecular flexibility index (Phi) is 3.99. The van der Waals surface area contributed by atoms with Crippen LogP contribution in [-0.2, 0) is 0 Å². The van der Waals surface area contributed by atoms with Crippen molar-refractivity contribution in [2.24, 2.45) is 5.92 Å². The van der Waals surface area contributed by atoms with Crippen molar-refractivity contribution < 1.29 is 0 Å². The summed E-state index contributed by atoms with van der Waals surface area (Å²) in [5.41, 5.74) is 0. The molecule has 0 spiro atoms. The van der Waals surface area contributed by atoms with Gasteiger partial charge in [-0.3, -0.25) is 0 Å². The third kappa shape index (κ3) is 3.43. The van der Waals surface area contributed by atoms with E-state index in [0.29, 0.717) is 0 Å². The van der Waals surface area contributed by atoms with E-state index in [4.69, 9.17) is 0 Å². The van der Waals surface area contributed by atoms with Crippen molar-refractivity contribution in [3.8, 4) is 0 Å². The number of piperidine rings is 2. The van der Waals surface area contributed by atoms with Crippen LogP contribution >= 0.6 is 0 Å². The molecule has 0 radical (unpaired) electrons. The normalized spacial score (nSPS) is 29.6. The quantitative estimate of drug-likeness (QED) is 0.769. The van der Waals surface area contributed by atoms with Crippen LogP contribution in [0.1, 0.15) is 38.5 Å². The van der Waals surface area contributed by atoms with Crippen molar-refractivity contribution in [1.29, 1.82) is 0 Å². The largest absolute Gasteiger partial charge is 0.317 e. The summed E-state index contributed by atoms with van der Waals surface area (Å²) in [5, 5.41) is 7.26. The maximum absolute atomic E-state index is 3.82. The van der Waals surface area contributed by atoms with Crippen LogP contribution in [0.2, 0.25) is 0 Å². The van der Waals surface area contributed by atoms with Crippen molar-refractivity contribution in [2.75, 3.05) is 32.7 Å². The summed E-state index contributed by atoms with van der Waals surface area (Å²) < 4.78 is 0. The Morgan fingerprint density at radius 1 is 0.941 bits per heavy atom. The molecule has 3 rings (SSSR count). The third-order valence-electron chi connectivity index (χ3n) is 4.75. The molecular weight excluding hydrogens is 210 g/mol. The van der Waals surface area contributed by atoms with E-state index in [1.807, 2.05) is 0 Å². The van der Waals surface area contributed by atoms with Gasteiger partial charge < -0.3 is 15.5 Å². The van der Waals surface area contributed by atoms with Crippen LogP contribution in [-0.4, -0.2) is 49.7 Å². The summed E-state index contributed by atoms with van der Waals surface area (Å²) in [4.78, 5) is 2.71. The van der Waals surface area contributed by atoms with Gasteiger partial charge in [-0.2, -0.15) is 0 Å². The minimum absolute atomic E-state index is 0.805. The van der Waals surface area contributed by atoms with E-state index < -0.39 is 0 Å². The van der Waals surface area contributed by atoms with Crippen LogP contribution < -0.4 is 10.6 Å². The molecule has 0 aromatic rings. The zero-order chi connectivity index (χ0) is 11.5. The highest BCUT2D eigenvalue weighted by atomic mass is 15.2. The number of hydrogen-bond donors (Lipinski definition) is 2. The van der Waals surface area contributed by atoms with Gasteiger partial charge in [-0.25, -0.2) is 0 Å². The van der Waals surface area contributed by atoms with Gasteiger partial charge in [0.15, 0.2) is 0 Å². The number of rotatable bonds is 4. The monoisotopic (exact) mass is 237 g/mol. The molecule has 2 heterocycles. The molecule has 0 aromatic carbocycles. The second-order valence-electron chi connectivity index (χ2n) is 6.14. The minimum Gasteiger partial charge on any atom is -0.317 e. The maximum atomic E-state index is 3.82. The zero-order valence-electron chi connectivity index (χ0n) is 11.0. The van der Waals surface area contributed by atoms with Gasteiger partial charge in [0.2, 0.25) is 0 Å². The highest BCUT2D eigenvalue weighted by Gasteiger charge is 2.31. The number of hydrogen-bond acceptors (Lipinski definition) is 3. The fraction of sp³-hybridized carbons (Fsp3) is 1.00. The van der Waals surface area contributed by atoms with Gasteiger partial charge in [0.25, 0.3) is 0 Å². The molecule has 2 saturated heterocycles. The van der Waals surface area contributed by atoms with E-state index in [0.717, 1.165) is 18.0 Å². The van der Waals surface area contributed by atoms with Crippen LogP contribution in [0.25, 0.3) is 0 Å². The molecule has 3 fully saturated rings. The first-order valence-corrected chi connectivity index (χ1v) is 7.60. The van der Waals surface area contributed by atoms with Crippen LogP contribution in [0.4, 0.5) is 0 Å². The molecule has 1 saturated carbocycles. The molecule has 0 bridgehead atoms. The lowest BCUT2D eigenvalue weighted by atomic mass is 9.97. The Labute approximate surface area is 105 Å². The molecular formula is C14H27N3. The summed E-state index contributed by atoms with van der Waals surface area (Å²) in [6.07, 6.45) is 8.42. The summed E-state index contributed by atoms with van der Waals surface area (Å²) in [5.74, 6) is 0.928. The molecule has 98 valence electrons. The van der Waals surface area contributed by atoms with Gasteiger partial charge >= 0.3 is 0 Å². The Morgan fingerprint density at radius 2 is 1.65 bits per heavy atom. The van der Waals surface area contributed by atoms with E-state index >= 15 is 0 Å². The molecule has 0 aromatic heterocycles. The molecule has 3 aliphatic rings. The molecule has 0 unspecified atom stereocenters. The topological polar surface area (TPSA) is 27.3 Å². The van der Waals surface area contributed by atoms with Crippen molar-refractivity contribution in [3.63, 3.8) is 0 Å². The van der Waals surface area contributed by atoms with Crippen molar-refractivity contribution in [2.45, 2.75) is 50.6 Å². The van der Waals surface area contributed by atoms with Gasteiger partial charge in [-0.05, 0) is 77.2 Å². The SMILES string of the molecule is C1CC(CNC2CCN(C3CC3)CC2)CCN1. The lowest BCUT2D eigenvalue weighted by molar-refractivity contribution is 0.184. The predicted molar refractivity (Wildman–Crippen MR) is 71.2 cm³/mol. The molecule has 2 aliphatic heterocycles. The first kappa shape index (κ1) is 11.9. The molecule has 17 heavy (non-hydrogen) atoms. The van der Waals surface area contributed by atoms with Gasteiger partial charge in [0, 0.05) is 12.1 Å². The fourth-order valence-electron chi connectivity index (χ4n) is 3.33.